The fourth-order valence-corrected chi connectivity index (χ4v) is 4.90. The molecule has 40 heavy (non-hydrogen) atoms. The lowest BCUT2D eigenvalue weighted by atomic mass is 9.99. The van der Waals surface area contributed by atoms with Gasteiger partial charge >= 0.3 is 0 Å². The van der Waals surface area contributed by atoms with Gasteiger partial charge in [0.05, 0.1) is 12.1 Å². The van der Waals surface area contributed by atoms with Crippen molar-refractivity contribution < 1.29 is 18.7 Å². The molecule has 4 rings (SSSR count). The Bertz CT molecular complexity index is 1420. The van der Waals surface area contributed by atoms with Crippen LogP contribution in [0.5, 0.6) is 0 Å². The summed E-state index contributed by atoms with van der Waals surface area (Å²) in [4.78, 5) is 17.9. The molecule has 3 N–H and O–H groups in total. The summed E-state index contributed by atoms with van der Waals surface area (Å²) in [7, 11) is 0. The molecule has 0 aliphatic carbocycles. The third-order valence-corrected chi connectivity index (χ3v) is 7.12. The topological polar surface area (TPSA) is 74.2 Å². The summed E-state index contributed by atoms with van der Waals surface area (Å²) in [5.41, 5.74) is 4.04. The first-order chi connectivity index (χ1) is 19.4. The van der Waals surface area contributed by atoms with Gasteiger partial charge in [0, 0.05) is 42.0 Å². The molecule has 7 heteroatoms. The zero-order valence-corrected chi connectivity index (χ0v) is 23.1. The minimum Gasteiger partial charge on any atom is -0.390 e. The number of hydrogen-bond donors (Lipinski definition) is 3. The van der Waals surface area contributed by atoms with Gasteiger partial charge in [-0.25, -0.2) is 8.78 Å². The largest absolute Gasteiger partial charge is 0.390 e. The number of aliphatic hydroxyl groups is 1. The summed E-state index contributed by atoms with van der Waals surface area (Å²) in [5, 5.41) is 19.2. The Balaban J connectivity index is 1.52. The molecule has 1 amide bonds. The molecule has 0 bridgehead atoms. The minimum atomic E-state index is -1.01. The van der Waals surface area contributed by atoms with Gasteiger partial charge in [0.2, 0.25) is 0 Å². The van der Waals surface area contributed by atoms with Crippen molar-refractivity contribution in [2.45, 2.75) is 64.6 Å². The Morgan fingerprint density at radius 1 is 0.950 bits per heavy atom. The Kier molecular flexibility index (Phi) is 10.3. The molecule has 2 atom stereocenters. The van der Waals surface area contributed by atoms with Crippen LogP contribution in [0, 0.1) is 11.6 Å². The number of amides is 1. The van der Waals surface area contributed by atoms with Gasteiger partial charge < -0.3 is 15.7 Å². The first kappa shape index (κ1) is 29.3. The van der Waals surface area contributed by atoms with E-state index in [1.54, 1.807) is 12.3 Å². The second-order valence-electron chi connectivity index (χ2n) is 10.2. The van der Waals surface area contributed by atoms with Crippen LogP contribution in [-0.2, 0) is 25.8 Å². The maximum atomic E-state index is 13.9. The molecule has 0 aliphatic heterocycles. The molecule has 0 unspecified atom stereocenters. The van der Waals surface area contributed by atoms with Crippen molar-refractivity contribution in [3.8, 4) is 0 Å². The summed E-state index contributed by atoms with van der Waals surface area (Å²) in [6.45, 7) is 4.94. The number of aliphatic hydroxyl groups excluding tert-OH is 1. The number of aromatic nitrogens is 1. The maximum Gasteiger partial charge on any atom is 0.251 e. The van der Waals surface area contributed by atoms with Crippen molar-refractivity contribution in [3.05, 3.63) is 113 Å². The Morgan fingerprint density at radius 3 is 2.48 bits per heavy atom. The first-order valence-electron chi connectivity index (χ1n) is 14.0. The standard InChI is InChI=1S/C33H37F2N3O2/c1-3-5-9-30-29-18-26(11-10-25(29)12-13-37-30)33(40)38-31(17-24-15-27(34)19-28(35)16-24)32(39)21-36-20-23-8-6-7-22(4-2)14-23/h6-8,10-16,18-19,31-32,36,39H,3-5,9,17,20-21H2,1-2H3,(H,38,40)/t31-,32-/m0/s1. The second-order valence-corrected chi connectivity index (χ2v) is 10.2. The van der Waals surface area contributed by atoms with Crippen LogP contribution in [0.4, 0.5) is 8.78 Å². The predicted octanol–water partition coefficient (Wildman–Crippen LogP) is 5.91. The van der Waals surface area contributed by atoms with Crippen molar-refractivity contribution in [2.24, 2.45) is 0 Å². The van der Waals surface area contributed by atoms with Gasteiger partial charge in [0.1, 0.15) is 11.6 Å². The molecule has 0 fully saturated rings. The van der Waals surface area contributed by atoms with E-state index in [0.29, 0.717) is 17.7 Å². The number of hydrogen-bond acceptors (Lipinski definition) is 4. The highest BCUT2D eigenvalue weighted by atomic mass is 19.1. The molecular weight excluding hydrogens is 508 g/mol. The Hall–Kier alpha value is -3.68. The summed E-state index contributed by atoms with van der Waals surface area (Å²) in [5.74, 6) is -1.78. The van der Waals surface area contributed by atoms with Gasteiger partial charge in [-0.05, 0) is 78.1 Å². The van der Waals surface area contributed by atoms with Gasteiger partial charge in [0.25, 0.3) is 5.91 Å². The molecule has 1 aromatic heterocycles. The molecular formula is C33H37F2N3O2. The SMILES string of the molecule is CCCCc1nccc2ccc(C(=O)N[C@@H](Cc3cc(F)cc(F)c3)[C@@H](O)CNCc3cccc(CC)c3)cc12. The van der Waals surface area contributed by atoms with Crippen LogP contribution in [0.3, 0.4) is 0 Å². The average Bonchev–Trinajstić information content (AvgIpc) is 2.95. The highest BCUT2D eigenvalue weighted by Crippen LogP contribution is 2.21. The second kappa shape index (κ2) is 14.1. The number of carbonyl (C=O) groups excluding carboxylic acids is 1. The fourth-order valence-electron chi connectivity index (χ4n) is 4.90. The summed E-state index contributed by atoms with van der Waals surface area (Å²) in [6.07, 6.45) is 4.62. The number of rotatable bonds is 13. The van der Waals surface area contributed by atoms with E-state index in [4.69, 9.17) is 0 Å². The molecule has 0 saturated carbocycles. The highest BCUT2D eigenvalue weighted by Gasteiger charge is 2.23. The van der Waals surface area contributed by atoms with E-state index in [-0.39, 0.29) is 18.9 Å². The van der Waals surface area contributed by atoms with Crippen LogP contribution in [0.25, 0.3) is 10.8 Å². The lowest BCUT2D eigenvalue weighted by Crippen LogP contribution is -2.48. The third kappa shape index (κ3) is 7.93. The maximum absolute atomic E-state index is 13.9. The molecule has 1 heterocycles. The molecule has 3 aromatic carbocycles. The number of nitrogens with one attached hydrogen (secondary N) is 2. The van der Waals surface area contributed by atoms with Gasteiger partial charge in [-0.3, -0.25) is 9.78 Å². The number of nitrogens with zero attached hydrogens (tertiary/aromatic N) is 1. The van der Waals surface area contributed by atoms with E-state index in [0.717, 1.165) is 53.8 Å². The van der Waals surface area contributed by atoms with E-state index in [2.05, 4.69) is 41.6 Å². The molecule has 4 aromatic rings. The number of benzene rings is 3. The van der Waals surface area contributed by atoms with Gasteiger partial charge in [-0.1, -0.05) is 50.6 Å². The Labute approximate surface area is 234 Å². The molecule has 5 nitrogen and oxygen atoms in total. The minimum absolute atomic E-state index is 0.0610. The van der Waals surface area contributed by atoms with E-state index >= 15 is 0 Å². The van der Waals surface area contributed by atoms with E-state index < -0.39 is 23.8 Å². The zero-order valence-electron chi connectivity index (χ0n) is 23.1. The quantitative estimate of drug-likeness (QED) is 0.195. The van der Waals surface area contributed by atoms with Crippen LogP contribution in [-0.4, -0.2) is 34.7 Å². The lowest BCUT2D eigenvalue weighted by Gasteiger charge is -2.25. The first-order valence-corrected chi connectivity index (χ1v) is 14.0. The van der Waals surface area contributed by atoms with Crippen molar-refractivity contribution >= 4 is 16.7 Å². The summed E-state index contributed by atoms with van der Waals surface area (Å²) < 4.78 is 27.9. The van der Waals surface area contributed by atoms with E-state index in [1.807, 2.05) is 30.3 Å². The van der Waals surface area contributed by atoms with Crippen molar-refractivity contribution in [1.29, 1.82) is 0 Å². The normalized spacial score (nSPS) is 12.8. The molecule has 0 spiro atoms. The highest BCUT2D eigenvalue weighted by molar-refractivity contribution is 5.99. The number of carbonyl (C=O) groups is 1. The molecule has 210 valence electrons. The summed E-state index contributed by atoms with van der Waals surface area (Å²) >= 11 is 0. The average molecular weight is 546 g/mol. The molecule has 0 saturated heterocycles. The van der Waals surface area contributed by atoms with Gasteiger partial charge in [-0.2, -0.15) is 0 Å². The molecule has 0 aliphatic rings. The van der Waals surface area contributed by atoms with E-state index in [9.17, 15) is 18.7 Å². The van der Waals surface area contributed by atoms with Crippen LogP contribution in [0.15, 0.2) is 72.9 Å². The lowest BCUT2D eigenvalue weighted by molar-refractivity contribution is 0.0830. The molecule has 0 radical (unpaired) electrons. The number of aryl methyl sites for hydroxylation is 2. The fraction of sp³-hybridized carbons (Fsp3) is 0.333. The van der Waals surface area contributed by atoms with Gasteiger partial charge in [0.15, 0.2) is 0 Å². The van der Waals surface area contributed by atoms with Crippen LogP contribution in [0.2, 0.25) is 0 Å². The van der Waals surface area contributed by atoms with Crippen molar-refractivity contribution in [2.75, 3.05) is 6.54 Å². The number of pyridine rings is 1. The number of halogens is 2. The Morgan fingerprint density at radius 2 is 1.73 bits per heavy atom. The number of fused-ring (bicyclic) bond motifs is 1. The van der Waals surface area contributed by atoms with Crippen molar-refractivity contribution in [3.63, 3.8) is 0 Å². The van der Waals surface area contributed by atoms with Crippen molar-refractivity contribution in [1.82, 2.24) is 15.6 Å². The zero-order chi connectivity index (χ0) is 28.5. The van der Waals surface area contributed by atoms with Crippen LogP contribution in [0.1, 0.15) is 59.4 Å². The van der Waals surface area contributed by atoms with Crippen LogP contribution < -0.4 is 10.6 Å². The smallest absolute Gasteiger partial charge is 0.251 e. The summed E-state index contributed by atoms with van der Waals surface area (Å²) in [6, 6.07) is 18.0. The van der Waals surface area contributed by atoms with Gasteiger partial charge in [-0.15, -0.1) is 0 Å². The third-order valence-electron chi connectivity index (χ3n) is 7.12. The van der Waals surface area contributed by atoms with Crippen LogP contribution >= 0.6 is 0 Å². The van der Waals surface area contributed by atoms with E-state index in [1.165, 1.54) is 17.7 Å². The number of unbranched alkanes of at least 4 members (excludes halogenated alkanes) is 1. The monoisotopic (exact) mass is 545 g/mol. The predicted molar refractivity (Wildman–Crippen MR) is 155 cm³/mol.